The first kappa shape index (κ1) is 11.9. The molecule has 1 saturated carbocycles. The molecular weight excluding hydrogens is 212 g/mol. The Morgan fingerprint density at radius 1 is 1.06 bits per heavy atom. The molecule has 3 nitrogen and oxygen atoms in total. The SMILES string of the molecule is C1CCC(CN2CCCC2CNC2CC2)OC1. The average Bonchev–Trinajstić information content (AvgIpc) is 3.09. The topological polar surface area (TPSA) is 24.5 Å². The molecule has 3 heteroatoms. The Hall–Kier alpha value is -0.120. The van der Waals surface area contributed by atoms with Crippen molar-refractivity contribution in [3.8, 4) is 0 Å². The fraction of sp³-hybridized carbons (Fsp3) is 1.00. The smallest absolute Gasteiger partial charge is 0.0702 e. The van der Waals surface area contributed by atoms with Crippen LogP contribution >= 0.6 is 0 Å². The molecule has 0 radical (unpaired) electrons. The Balaban J connectivity index is 1.43. The van der Waals surface area contributed by atoms with Crippen molar-refractivity contribution >= 4 is 0 Å². The molecule has 2 saturated heterocycles. The van der Waals surface area contributed by atoms with Gasteiger partial charge in [-0.2, -0.15) is 0 Å². The molecule has 1 aliphatic carbocycles. The molecule has 2 atom stereocenters. The van der Waals surface area contributed by atoms with Gasteiger partial charge in [0.15, 0.2) is 0 Å². The first-order valence-corrected chi connectivity index (χ1v) is 7.51. The van der Waals surface area contributed by atoms with Crippen LogP contribution in [0.1, 0.15) is 44.9 Å². The maximum atomic E-state index is 5.86. The van der Waals surface area contributed by atoms with Crippen molar-refractivity contribution in [2.45, 2.75) is 63.1 Å². The van der Waals surface area contributed by atoms with E-state index in [-0.39, 0.29) is 0 Å². The number of ether oxygens (including phenoxy) is 1. The zero-order valence-electron chi connectivity index (χ0n) is 10.9. The van der Waals surface area contributed by atoms with E-state index < -0.39 is 0 Å². The molecule has 98 valence electrons. The maximum absolute atomic E-state index is 5.86. The van der Waals surface area contributed by atoms with Crippen molar-refractivity contribution in [1.82, 2.24) is 10.2 Å². The van der Waals surface area contributed by atoms with E-state index in [9.17, 15) is 0 Å². The van der Waals surface area contributed by atoms with Crippen molar-refractivity contribution in [2.24, 2.45) is 0 Å². The summed E-state index contributed by atoms with van der Waals surface area (Å²) in [5.74, 6) is 0. The zero-order chi connectivity index (χ0) is 11.5. The number of rotatable bonds is 5. The summed E-state index contributed by atoms with van der Waals surface area (Å²) in [7, 11) is 0. The molecule has 3 fully saturated rings. The Morgan fingerprint density at radius 2 is 2.00 bits per heavy atom. The van der Waals surface area contributed by atoms with Crippen LogP contribution in [0.3, 0.4) is 0 Å². The molecule has 1 N–H and O–H groups in total. The van der Waals surface area contributed by atoms with Gasteiger partial charge in [0.2, 0.25) is 0 Å². The van der Waals surface area contributed by atoms with Gasteiger partial charge in [-0.15, -0.1) is 0 Å². The average molecular weight is 238 g/mol. The van der Waals surface area contributed by atoms with E-state index in [1.807, 2.05) is 0 Å². The van der Waals surface area contributed by atoms with Crippen LogP contribution in [0.25, 0.3) is 0 Å². The van der Waals surface area contributed by atoms with E-state index in [0.717, 1.165) is 18.7 Å². The lowest BCUT2D eigenvalue weighted by molar-refractivity contribution is -0.00781. The summed E-state index contributed by atoms with van der Waals surface area (Å²) in [5.41, 5.74) is 0. The molecule has 0 aromatic carbocycles. The van der Waals surface area contributed by atoms with E-state index in [1.165, 1.54) is 64.6 Å². The number of hydrogen-bond donors (Lipinski definition) is 1. The predicted octanol–water partition coefficient (Wildman–Crippen LogP) is 1.77. The molecule has 0 aromatic rings. The molecule has 2 heterocycles. The Labute approximate surface area is 105 Å². The Bertz CT molecular complexity index is 236. The molecule has 0 aromatic heterocycles. The van der Waals surface area contributed by atoms with Gasteiger partial charge >= 0.3 is 0 Å². The minimum atomic E-state index is 0.519. The van der Waals surface area contributed by atoms with Crippen molar-refractivity contribution in [1.29, 1.82) is 0 Å². The van der Waals surface area contributed by atoms with Gasteiger partial charge in [-0.3, -0.25) is 4.90 Å². The van der Waals surface area contributed by atoms with Gasteiger partial charge in [-0.1, -0.05) is 0 Å². The predicted molar refractivity (Wildman–Crippen MR) is 69.2 cm³/mol. The molecule has 17 heavy (non-hydrogen) atoms. The van der Waals surface area contributed by atoms with Gasteiger partial charge < -0.3 is 10.1 Å². The fourth-order valence-corrected chi connectivity index (χ4v) is 3.17. The van der Waals surface area contributed by atoms with Gasteiger partial charge in [-0.25, -0.2) is 0 Å². The third-order valence-electron chi connectivity index (χ3n) is 4.43. The van der Waals surface area contributed by atoms with E-state index in [4.69, 9.17) is 4.74 Å². The summed E-state index contributed by atoms with van der Waals surface area (Å²) in [6.45, 7) is 4.66. The van der Waals surface area contributed by atoms with Gasteiger partial charge in [0.1, 0.15) is 0 Å². The van der Waals surface area contributed by atoms with Crippen molar-refractivity contribution in [3.05, 3.63) is 0 Å². The second-order valence-electron chi connectivity index (χ2n) is 5.96. The first-order valence-electron chi connectivity index (χ1n) is 7.51. The monoisotopic (exact) mass is 238 g/mol. The second kappa shape index (κ2) is 5.68. The van der Waals surface area contributed by atoms with Gasteiger partial charge in [-0.05, 0) is 51.5 Å². The Kier molecular flexibility index (Phi) is 3.99. The van der Waals surface area contributed by atoms with E-state index in [0.29, 0.717) is 6.10 Å². The number of likely N-dealkylation sites (tertiary alicyclic amines) is 1. The molecule has 0 spiro atoms. The normalized spacial score (nSPS) is 35.3. The summed E-state index contributed by atoms with van der Waals surface area (Å²) in [6.07, 6.45) is 9.99. The highest BCUT2D eigenvalue weighted by atomic mass is 16.5. The van der Waals surface area contributed by atoms with Crippen LogP contribution in [0.2, 0.25) is 0 Å². The number of hydrogen-bond acceptors (Lipinski definition) is 3. The van der Waals surface area contributed by atoms with Gasteiger partial charge in [0.25, 0.3) is 0 Å². The van der Waals surface area contributed by atoms with Gasteiger partial charge in [0, 0.05) is 31.8 Å². The van der Waals surface area contributed by atoms with E-state index in [1.54, 1.807) is 0 Å². The van der Waals surface area contributed by atoms with Crippen LogP contribution in [0.5, 0.6) is 0 Å². The summed E-state index contributed by atoms with van der Waals surface area (Å²) < 4.78 is 5.86. The van der Waals surface area contributed by atoms with Crippen LogP contribution in [0.15, 0.2) is 0 Å². The largest absolute Gasteiger partial charge is 0.377 e. The van der Waals surface area contributed by atoms with Crippen LogP contribution in [0.4, 0.5) is 0 Å². The highest BCUT2D eigenvalue weighted by molar-refractivity contribution is 4.87. The summed E-state index contributed by atoms with van der Waals surface area (Å²) in [5, 5.41) is 3.68. The van der Waals surface area contributed by atoms with E-state index >= 15 is 0 Å². The lowest BCUT2D eigenvalue weighted by atomic mass is 10.1. The molecule has 2 unspecified atom stereocenters. The Morgan fingerprint density at radius 3 is 2.76 bits per heavy atom. The summed E-state index contributed by atoms with van der Waals surface area (Å²) in [4.78, 5) is 2.67. The fourth-order valence-electron chi connectivity index (χ4n) is 3.17. The van der Waals surface area contributed by atoms with E-state index in [2.05, 4.69) is 10.2 Å². The van der Waals surface area contributed by atoms with Crippen LogP contribution in [-0.4, -0.2) is 49.3 Å². The van der Waals surface area contributed by atoms with Crippen LogP contribution in [-0.2, 0) is 4.74 Å². The zero-order valence-corrected chi connectivity index (χ0v) is 10.9. The third-order valence-corrected chi connectivity index (χ3v) is 4.43. The summed E-state index contributed by atoms with van der Waals surface area (Å²) in [6, 6.07) is 1.63. The lowest BCUT2D eigenvalue weighted by Gasteiger charge is -2.31. The maximum Gasteiger partial charge on any atom is 0.0702 e. The number of nitrogens with zero attached hydrogens (tertiary/aromatic N) is 1. The highest BCUT2D eigenvalue weighted by Crippen LogP contribution is 2.23. The molecule has 0 amide bonds. The summed E-state index contributed by atoms with van der Waals surface area (Å²) >= 11 is 0. The first-order chi connectivity index (χ1) is 8.42. The number of nitrogens with one attached hydrogen (secondary N) is 1. The minimum absolute atomic E-state index is 0.519. The molecule has 0 bridgehead atoms. The van der Waals surface area contributed by atoms with Crippen molar-refractivity contribution in [2.75, 3.05) is 26.2 Å². The molecule has 2 aliphatic heterocycles. The van der Waals surface area contributed by atoms with Crippen molar-refractivity contribution < 1.29 is 4.74 Å². The quantitative estimate of drug-likeness (QED) is 0.790. The molecular formula is C14H26N2O. The molecule has 3 aliphatic rings. The molecule has 3 rings (SSSR count). The standard InChI is InChI=1S/C14H26N2O/c1-2-9-17-14(5-1)11-16-8-3-4-13(16)10-15-12-6-7-12/h12-15H,1-11H2. The highest BCUT2D eigenvalue weighted by Gasteiger charge is 2.29. The lowest BCUT2D eigenvalue weighted by Crippen LogP contribution is -2.43. The van der Waals surface area contributed by atoms with Crippen molar-refractivity contribution in [3.63, 3.8) is 0 Å². The van der Waals surface area contributed by atoms with Crippen LogP contribution in [0, 0.1) is 0 Å². The van der Waals surface area contributed by atoms with Gasteiger partial charge in [0.05, 0.1) is 6.10 Å². The minimum Gasteiger partial charge on any atom is -0.377 e. The second-order valence-corrected chi connectivity index (χ2v) is 5.96. The third kappa shape index (κ3) is 3.43. The van der Waals surface area contributed by atoms with Crippen LogP contribution < -0.4 is 5.32 Å².